The summed E-state index contributed by atoms with van der Waals surface area (Å²) < 4.78 is 37.3. The van der Waals surface area contributed by atoms with Gasteiger partial charge in [-0.2, -0.15) is 0 Å². The van der Waals surface area contributed by atoms with E-state index in [-0.39, 0.29) is 11.5 Å². The SMILES string of the molecule is C[C@H]1O[C@]2(OCc3cc(Cl)c(Cc4ccc(C(F)F)s4)cc32)[C@H](O)[C@@H](O)[C@@H]1O. The van der Waals surface area contributed by atoms with Crippen LogP contribution in [0.3, 0.4) is 0 Å². The molecule has 3 heterocycles. The number of aliphatic hydroxyl groups is 3. The Hall–Kier alpha value is -1.13. The Kier molecular flexibility index (Phi) is 5.24. The van der Waals surface area contributed by atoms with Crippen LogP contribution >= 0.6 is 22.9 Å². The fourth-order valence-electron chi connectivity index (χ4n) is 3.74. The highest BCUT2D eigenvalue weighted by atomic mass is 35.5. The molecule has 1 spiro atoms. The van der Waals surface area contributed by atoms with E-state index in [1.807, 2.05) is 0 Å². The molecule has 5 atom stereocenters. The number of fused-ring (bicyclic) bond motifs is 2. The van der Waals surface area contributed by atoms with Gasteiger partial charge in [-0.1, -0.05) is 11.6 Å². The van der Waals surface area contributed by atoms with Gasteiger partial charge in [-0.3, -0.25) is 0 Å². The predicted octanol–water partition coefficient (Wildman–Crippen LogP) is 3.11. The molecule has 1 aromatic heterocycles. The third-order valence-corrected chi connectivity index (χ3v) is 6.70. The molecule has 0 bridgehead atoms. The Morgan fingerprint density at radius 2 is 2.00 bits per heavy atom. The quantitative estimate of drug-likeness (QED) is 0.694. The first-order chi connectivity index (χ1) is 13.2. The van der Waals surface area contributed by atoms with Crippen LogP contribution in [-0.4, -0.2) is 39.7 Å². The number of hydrogen-bond acceptors (Lipinski definition) is 6. The normalized spacial score (nSPS) is 32.3. The number of benzene rings is 1. The molecular formula is C19H19ClF2O5S. The lowest BCUT2D eigenvalue weighted by atomic mass is 9.87. The standard InChI is InChI=1S/C19H19ClF2O5S/c1-8-15(23)16(24)17(25)19(27-8)12-5-9(13(20)6-10(12)7-26-19)4-11-2-3-14(28-11)18(21)22/h2-3,5-6,8,15-18,23-25H,4,7H2,1H3/t8-,15-,16+,17-,19+/m1/s1. The largest absolute Gasteiger partial charge is 0.388 e. The second kappa shape index (κ2) is 7.28. The van der Waals surface area contributed by atoms with Gasteiger partial charge < -0.3 is 24.8 Å². The monoisotopic (exact) mass is 432 g/mol. The van der Waals surface area contributed by atoms with E-state index in [2.05, 4.69) is 0 Å². The van der Waals surface area contributed by atoms with Gasteiger partial charge in [0.25, 0.3) is 6.43 Å². The minimum absolute atomic E-state index is 0.0101. The molecule has 4 rings (SSSR count). The summed E-state index contributed by atoms with van der Waals surface area (Å²) in [6.45, 7) is 1.70. The van der Waals surface area contributed by atoms with E-state index >= 15 is 0 Å². The van der Waals surface area contributed by atoms with Gasteiger partial charge >= 0.3 is 0 Å². The van der Waals surface area contributed by atoms with Gasteiger partial charge in [0.05, 0.1) is 17.6 Å². The number of hydrogen-bond donors (Lipinski definition) is 3. The van der Waals surface area contributed by atoms with Crippen molar-refractivity contribution in [2.45, 2.75) is 56.6 Å². The van der Waals surface area contributed by atoms with Crippen LogP contribution in [0, 0.1) is 0 Å². The topological polar surface area (TPSA) is 79.2 Å². The Morgan fingerprint density at radius 1 is 1.25 bits per heavy atom. The first kappa shape index (κ1) is 20.2. The summed E-state index contributed by atoms with van der Waals surface area (Å²) in [4.78, 5) is 0.711. The van der Waals surface area contributed by atoms with E-state index in [0.29, 0.717) is 28.1 Å². The van der Waals surface area contributed by atoms with E-state index in [9.17, 15) is 24.1 Å². The zero-order valence-electron chi connectivity index (χ0n) is 14.8. The van der Waals surface area contributed by atoms with Crippen molar-refractivity contribution in [3.63, 3.8) is 0 Å². The van der Waals surface area contributed by atoms with Gasteiger partial charge in [-0.05, 0) is 42.3 Å². The van der Waals surface area contributed by atoms with Crippen molar-refractivity contribution >= 4 is 22.9 Å². The van der Waals surface area contributed by atoms with E-state index in [4.69, 9.17) is 21.1 Å². The zero-order valence-corrected chi connectivity index (χ0v) is 16.4. The summed E-state index contributed by atoms with van der Waals surface area (Å²) in [5, 5.41) is 31.3. The summed E-state index contributed by atoms with van der Waals surface area (Å²) in [6.07, 6.45) is -7.16. The Balaban J connectivity index is 1.71. The van der Waals surface area contributed by atoms with Gasteiger partial charge in [0.1, 0.15) is 18.3 Å². The molecule has 2 aliphatic rings. The Bertz CT molecular complexity index is 891. The van der Waals surface area contributed by atoms with Crippen LogP contribution in [0.4, 0.5) is 8.78 Å². The number of thiophene rings is 1. The summed E-state index contributed by atoms with van der Waals surface area (Å²) in [5.74, 6) is -1.61. The molecule has 1 fully saturated rings. The van der Waals surface area contributed by atoms with Crippen LogP contribution in [0.25, 0.3) is 0 Å². The Labute approximate surface area is 169 Å². The van der Waals surface area contributed by atoms with Gasteiger partial charge in [-0.15, -0.1) is 11.3 Å². The highest BCUT2D eigenvalue weighted by Crippen LogP contribution is 2.47. The van der Waals surface area contributed by atoms with Crippen molar-refractivity contribution in [1.29, 1.82) is 0 Å². The smallest absolute Gasteiger partial charge is 0.272 e. The number of halogens is 3. The number of alkyl halides is 2. The molecule has 0 amide bonds. The summed E-state index contributed by atoms with van der Waals surface area (Å²) in [6, 6.07) is 6.44. The molecule has 0 aliphatic carbocycles. The van der Waals surface area contributed by atoms with Gasteiger partial charge in [0.2, 0.25) is 5.79 Å². The average molecular weight is 433 g/mol. The van der Waals surface area contributed by atoms with E-state index in [1.165, 1.54) is 6.07 Å². The van der Waals surface area contributed by atoms with E-state index in [1.54, 1.807) is 25.1 Å². The van der Waals surface area contributed by atoms with Crippen LogP contribution in [0.15, 0.2) is 24.3 Å². The van der Waals surface area contributed by atoms with E-state index in [0.717, 1.165) is 16.2 Å². The van der Waals surface area contributed by atoms with Crippen molar-refractivity contribution in [2.24, 2.45) is 0 Å². The van der Waals surface area contributed by atoms with E-state index < -0.39 is 36.6 Å². The molecule has 1 saturated heterocycles. The fourth-order valence-corrected chi connectivity index (χ4v) is 4.89. The molecule has 1 aromatic carbocycles. The van der Waals surface area contributed by atoms with Crippen molar-refractivity contribution in [1.82, 2.24) is 0 Å². The Morgan fingerprint density at radius 3 is 2.68 bits per heavy atom. The molecule has 0 unspecified atom stereocenters. The predicted molar refractivity (Wildman–Crippen MR) is 98.6 cm³/mol. The number of rotatable bonds is 3. The average Bonchev–Trinajstić information content (AvgIpc) is 3.25. The van der Waals surface area contributed by atoms with Crippen molar-refractivity contribution in [2.75, 3.05) is 0 Å². The second-order valence-electron chi connectivity index (χ2n) is 7.09. The zero-order chi connectivity index (χ0) is 20.2. The minimum Gasteiger partial charge on any atom is -0.388 e. The molecule has 9 heteroatoms. The van der Waals surface area contributed by atoms with Crippen LogP contribution < -0.4 is 0 Å². The van der Waals surface area contributed by atoms with Crippen molar-refractivity contribution < 1.29 is 33.6 Å². The van der Waals surface area contributed by atoms with Crippen LogP contribution in [0.5, 0.6) is 0 Å². The first-order valence-electron chi connectivity index (χ1n) is 8.77. The van der Waals surface area contributed by atoms with Crippen LogP contribution in [0.1, 0.15) is 39.8 Å². The molecule has 152 valence electrons. The molecular weight excluding hydrogens is 414 g/mol. The maximum atomic E-state index is 12.8. The maximum Gasteiger partial charge on any atom is 0.272 e. The lowest BCUT2D eigenvalue weighted by Crippen LogP contribution is -2.62. The lowest BCUT2D eigenvalue weighted by molar-refractivity contribution is -0.362. The highest BCUT2D eigenvalue weighted by Gasteiger charge is 2.57. The molecule has 3 N–H and O–H groups in total. The number of aliphatic hydroxyl groups excluding tert-OH is 3. The summed E-state index contributed by atoms with van der Waals surface area (Å²) >= 11 is 7.39. The van der Waals surface area contributed by atoms with Gasteiger partial charge in [-0.25, -0.2) is 8.78 Å². The maximum absolute atomic E-state index is 12.8. The third kappa shape index (κ3) is 3.17. The molecule has 2 aromatic rings. The second-order valence-corrected chi connectivity index (χ2v) is 8.69. The first-order valence-corrected chi connectivity index (χ1v) is 9.97. The highest BCUT2D eigenvalue weighted by molar-refractivity contribution is 7.12. The van der Waals surface area contributed by atoms with Gasteiger partial charge in [0.15, 0.2) is 0 Å². The molecule has 5 nitrogen and oxygen atoms in total. The minimum atomic E-state index is -2.52. The molecule has 0 radical (unpaired) electrons. The van der Waals surface area contributed by atoms with Crippen molar-refractivity contribution in [3.8, 4) is 0 Å². The fraction of sp³-hybridized carbons (Fsp3) is 0.474. The number of ether oxygens (including phenoxy) is 2. The summed E-state index contributed by atoms with van der Waals surface area (Å²) in [5.41, 5.74) is 1.88. The lowest BCUT2D eigenvalue weighted by Gasteiger charge is -2.45. The third-order valence-electron chi connectivity index (χ3n) is 5.26. The molecule has 2 aliphatic heterocycles. The summed E-state index contributed by atoms with van der Waals surface area (Å²) in [7, 11) is 0. The molecule has 28 heavy (non-hydrogen) atoms. The molecule has 0 saturated carbocycles. The van der Waals surface area contributed by atoms with Crippen LogP contribution in [0.2, 0.25) is 5.02 Å². The van der Waals surface area contributed by atoms with Gasteiger partial charge in [0, 0.05) is 21.9 Å². The van der Waals surface area contributed by atoms with Crippen molar-refractivity contribution in [3.05, 3.63) is 55.7 Å². The van der Waals surface area contributed by atoms with Crippen LogP contribution in [-0.2, 0) is 28.3 Å².